The number of carbonyl (C=O) groups is 1. The van der Waals surface area contributed by atoms with E-state index in [0.717, 1.165) is 37.6 Å². The molecule has 2 atom stereocenters. The molecule has 0 spiro atoms. The Morgan fingerprint density at radius 3 is 2.53 bits per heavy atom. The van der Waals surface area contributed by atoms with E-state index in [1.807, 2.05) is 6.92 Å². The highest BCUT2D eigenvalue weighted by Gasteiger charge is 2.25. The highest BCUT2D eigenvalue weighted by molar-refractivity contribution is 6.02. The smallest absolute Gasteiger partial charge is 0.262 e. The predicted octanol–water partition coefficient (Wildman–Crippen LogP) is 3.74. The molecule has 1 saturated heterocycles. The van der Waals surface area contributed by atoms with E-state index < -0.39 is 0 Å². The van der Waals surface area contributed by atoms with Gasteiger partial charge in [0.15, 0.2) is 0 Å². The molecular weight excluding hydrogens is 376 g/mol. The highest BCUT2D eigenvalue weighted by Crippen LogP contribution is 2.32. The minimum absolute atomic E-state index is 0.0537. The molecule has 2 heterocycles. The lowest BCUT2D eigenvalue weighted by atomic mass is 9.95. The third kappa shape index (κ3) is 5.14. The first kappa shape index (κ1) is 22.6. The van der Waals surface area contributed by atoms with E-state index in [1.54, 1.807) is 6.08 Å². The lowest BCUT2D eigenvalue weighted by Gasteiger charge is -2.35. The van der Waals surface area contributed by atoms with Crippen molar-refractivity contribution in [1.29, 1.82) is 5.26 Å². The number of aryl methyl sites for hydroxylation is 1. The van der Waals surface area contributed by atoms with Gasteiger partial charge in [-0.15, -0.1) is 0 Å². The van der Waals surface area contributed by atoms with Crippen LogP contribution in [-0.2, 0) is 9.53 Å². The number of nitrogens with one attached hydrogen (secondary N) is 1. The van der Waals surface area contributed by atoms with Crippen LogP contribution >= 0.6 is 0 Å². The number of hydrogen-bond acceptors (Lipinski definition) is 4. The van der Waals surface area contributed by atoms with Crippen molar-refractivity contribution in [2.45, 2.75) is 77.9 Å². The maximum Gasteiger partial charge on any atom is 0.262 e. The lowest BCUT2D eigenvalue weighted by Crippen LogP contribution is -2.52. The molecule has 0 aromatic carbocycles. The van der Waals surface area contributed by atoms with E-state index in [9.17, 15) is 10.1 Å². The molecule has 2 unspecified atom stereocenters. The van der Waals surface area contributed by atoms with Gasteiger partial charge < -0.3 is 14.6 Å². The highest BCUT2D eigenvalue weighted by atomic mass is 16.5. The Labute approximate surface area is 180 Å². The molecule has 30 heavy (non-hydrogen) atoms. The third-order valence-corrected chi connectivity index (χ3v) is 6.83. The Morgan fingerprint density at radius 2 is 1.90 bits per heavy atom. The second-order valence-electron chi connectivity index (χ2n) is 8.81. The van der Waals surface area contributed by atoms with E-state index >= 15 is 0 Å². The number of nitrogens with zero attached hydrogens (tertiary/aromatic N) is 3. The summed E-state index contributed by atoms with van der Waals surface area (Å²) in [7, 11) is 0. The predicted molar refractivity (Wildman–Crippen MR) is 119 cm³/mol. The molecule has 1 aliphatic carbocycles. The quantitative estimate of drug-likeness (QED) is 0.571. The van der Waals surface area contributed by atoms with Gasteiger partial charge in [0.2, 0.25) is 0 Å². The van der Waals surface area contributed by atoms with Gasteiger partial charge in [-0.05, 0) is 58.2 Å². The van der Waals surface area contributed by atoms with Crippen molar-refractivity contribution in [2.75, 3.05) is 26.3 Å². The fraction of sp³-hybridized carbons (Fsp3) is 0.667. The number of rotatable bonds is 6. The van der Waals surface area contributed by atoms with E-state index in [1.165, 1.54) is 37.8 Å². The average molecular weight is 413 g/mol. The molecule has 1 saturated carbocycles. The van der Waals surface area contributed by atoms with Crippen molar-refractivity contribution >= 4 is 12.0 Å². The molecule has 6 heteroatoms. The monoisotopic (exact) mass is 412 g/mol. The molecule has 1 amide bonds. The van der Waals surface area contributed by atoms with Gasteiger partial charge in [0.25, 0.3) is 5.91 Å². The van der Waals surface area contributed by atoms with Crippen molar-refractivity contribution < 1.29 is 9.53 Å². The standard InChI is InChI=1S/C24H36N4O2/c1-17-14-21(20(4)28(17)23-8-6-5-7-9-23)15-22(16-25)24(29)26-18(2)19(3)27-10-12-30-13-11-27/h14-15,18-19,23H,5-13H2,1-4H3,(H,26,29)/b22-15+. The summed E-state index contributed by atoms with van der Waals surface area (Å²) in [5, 5.41) is 12.7. The van der Waals surface area contributed by atoms with Crippen molar-refractivity contribution in [3.63, 3.8) is 0 Å². The summed E-state index contributed by atoms with van der Waals surface area (Å²) in [4.78, 5) is 15.2. The van der Waals surface area contributed by atoms with Crippen LogP contribution in [0, 0.1) is 25.2 Å². The Kier molecular flexibility index (Phi) is 7.74. The average Bonchev–Trinajstić information content (AvgIpc) is 3.05. The molecule has 1 aromatic heterocycles. The first-order valence-corrected chi connectivity index (χ1v) is 11.3. The molecule has 3 rings (SSSR count). The summed E-state index contributed by atoms with van der Waals surface area (Å²) < 4.78 is 7.82. The first-order chi connectivity index (χ1) is 14.4. The molecule has 1 N–H and O–H groups in total. The van der Waals surface area contributed by atoms with Gasteiger partial charge >= 0.3 is 0 Å². The maximum atomic E-state index is 12.8. The van der Waals surface area contributed by atoms with Crippen LogP contribution in [0.15, 0.2) is 11.6 Å². The molecule has 6 nitrogen and oxygen atoms in total. The summed E-state index contributed by atoms with van der Waals surface area (Å²) in [5.74, 6) is -0.299. The van der Waals surface area contributed by atoms with Crippen molar-refractivity contribution in [2.24, 2.45) is 0 Å². The minimum Gasteiger partial charge on any atom is -0.379 e. The van der Waals surface area contributed by atoms with Gasteiger partial charge in [-0.3, -0.25) is 9.69 Å². The topological polar surface area (TPSA) is 70.3 Å². The van der Waals surface area contributed by atoms with E-state index in [4.69, 9.17) is 4.74 Å². The second kappa shape index (κ2) is 10.3. The largest absolute Gasteiger partial charge is 0.379 e. The number of carbonyl (C=O) groups excluding carboxylic acids is 1. The van der Waals surface area contributed by atoms with Gasteiger partial charge in [0, 0.05) is 42.6 Å². The second-order valence-corrected chi connectivity index (χ2v) is 8.81. The van der Waals surface area contributed by atoms with Gasteiger partial charge in [0.05, 0.1) is 13.2 Å². The van der Waals surface area contributed by atoms with Crippen LogP contribution in [0.1, 0.15) is 68.9 Å². The zero-order valence-electron chi connectivity index (χ0n) is 18.9. The van der Waals surface area contributed by atoms with Crippen LogP contribution in [0.4, 0.5) is 0 Å². The number of amides is 1. The number of ether oxygens (including phenoxy) is 1. The molecule has 164 valence electrons. The van der Waals surface area contributed by atoms with Crippen molar-refractivity contribution in [3.05, 3.63) is 28.6 Å². The molecule has 0 radical (unpaired) electrons. The SMILES string of the molecule is Cc1cc(/C=C(\C#N)C(=O)NC(C)C(C)N2CCOCC2)c(C)n1C1CCCCC1. The van der Waals surface area contributed by atoms with Gasteiger partial charge in [-0.25, -0.2) is 0 Å². The Hall–Kier alpha value is -2.10. The Balaban J connectivity index is 1.72. The van der Waals surface area contributed by atoms with Gasteiger partial charge in [-0.2, -0.15) is 5.26 Å². The fourth-order valence-corrected chi connectivity index (χ4v) is 4.86. The Bertz CT molecular complexity index is 808. The summed E-state index contributed by atoms with van der Waals surface area (Å²) >= 11 is 0. The maximum absolute atomic E-state index is 12.8. The first-order valence-electron chi connectivity index (χ1n) is 11.3. The van der Waals surface area contributed by atoms with E-state index in [2.05, 4.69) is 47.7 Å². The van der Waals surface area contributed by atoms with Crippen LogP contribution < -0.4 is 5.32 Å². The minimum atomic E-state index is -0.299. The zero-order chi connectivity index (χ0) is 21.7. The molecular formula is C24H36N4O2. The van der Waals surface area contributed by atoms with Crippen LogP contribution in [0.2, 0.25) is 0 Å². The molecule has 2 fully saturated rings. The van der Waals surface area contributed by atoms with E-state index in [-0.39, 0.29) is 23.6 Å². The molecule has 0 bridgehead atoms. The van der Waals surface area contributed by atoms with Crippen LogP contribution in [0.3, 0.4) is 0 Å². The van der Waals surface area contributed by atoms with Crippen molar-refractivity contribution in [3.8, 4) is 6.07 Å². The normalized spacial score (nSPS) is 21.1. The Morgan fingerprint density at radius 1 is 1.23 bits per heavy atom. The number of hydrogen-bond donors (Lipinski definition) is 1. The third-order valence-electron chi connectivity index (χ3n) is 6.83. The van der Waals surface area contributed by atoms with Crippen LogP contribution in [0.5, 0.6) is 0 Å². The molecule has 1 aliphatic heterocycles. The number of nitriles is 1. The van der Waals surface area contributed by atoms with Crippen LogP contribution in [-0.4, -0.2) is 53.8 Å². The number of aromatic nitrogens is 1. The molecule has 1 aromatic rings. The van der Waals surface area contributed by atoms with E-state index in [0.29, 0.717) is 6.04 Å². The summed E-state index contributed by atoms with van der Waals surface area (Å²) in [5.41, 5.74) is 3.49. The van der Waals surface area contributed by atoms with Gasteiger partial charge in [-0.1, -0.05) is 19.3 Å². The fourth-order valence-electron chi connectivity index (χ4n) is 4.86. The molecule has 2 aliphatic rings. The lowest BCUT2D eigenvalue weighted by molar-refractivity contribution is -0.118. The number of morpholine rings is 1. The summed E-state index contributed by atoms with van der Waals surface area (Å²) in [6.07, 6.45) is 8.05. The summed E-state index contributed by atoms with van der Waals surface area (Å²) in [6, 6.07) is 4.89. The zero-order valence-corrected chi connectivity index (χ0v) is 18.9. The van der Waals surface area contributed by atoms with Crippen molar-refractivity contribution in [1.82, 2.24) is 14.8 Å². The van der Waals surface area contributed by atoms with Gasteiger partial charge in [0.1, 0.15) is 11.6 Å². The summed E-state index contributed by atoms with van der Waals surface area (Å²) in [6.45, 7) is 11.5. The van der Waals surface area contributed by atoms with Crippen LogP contribution in [0.25, 0.3) is 6.08 Å².